The number of carbonyl (C=O) groups excluding carboxylic acids is 3. The van der Waals surface area contributed by atoms with Crippen molar-refractivity contribution < 1.29 is 14.4 Å². The first-order valence-corrected chi connectivity index (χ1v) is 11.4. The van der Waals surface area contributed by atoms with Crippen molar-refractivity contribution in [3.05, 3.63) is 78.0 Å². The predicted molar refractivity (Wildman–Crippen MR) is 128 cm³/mol. The van der Waals surface area contributed by atoms with E-state index in [2.05, 4.69) is 10.4 Å². The number of nitrogens with one attached hydrogen (secondary N) is 1. The number of nitrogens with two attached hydrogens (primary N) is 1. The topological polar surface area (TPSA) is 107 Å². The molecule has 1 aliphatic carbocycles. The molecule has 33 heavy (non-hydrogen) atoms. The van der Waals surface area contributed by atoms with Crippen LogP contribution in [0.1, 0.15) is 55.1 Å². The Morgan fingerprint density at radius 1 is 1.03 bits per heavy atom. The molecule has 1 aliphatic rings. The number of hydrogen-bond donors (Lipinski definition) is 2. The van der Waals surface area contributed by atoms with Crippen LogP contribution in [0.5, 0.6) is 0 Å². The zero-order valence-corrected chi connectivity index (χ0v) is 19.0. The van der Waals surface area contributed by atoms with E-state index in [0.29, 0.717) is 11.3 Å². The predicted octanol–water partition coefficient (Wildman–Crippen LogP) is 3.70. The van der Waals surface area contributed by atoms with Crippen LogP contribution in [0.3, 0.4) is 0 Å². The lowest BCUT2D eigenvalue weighted by Crippen LogP contribution is -2.47. The molecule has 7 nitrogen and oxygen atoms in total. The molecule has 1 atom stereocenters. The number of primary amides is 1. The molecule has 1 heterocycles. The van der Waals surface area contributed by atoms with Crippen molar-refractivity contribution in [3.63, 3.8) is 0 Å². The van der Waals surface area contributed by atoms with Crippen molar-refractivity contribution in [1.82, 2.24) is 15.1 Å². The number of aromatic nitrogens is 2. The number of nitrogens with zero attached hydrogens (tertiary/aromatic N) is 2. The van der Waals surface area contributed by atoms with Gasteiger partial charge in [-0.3, -0.25) is 19.1 Å². The van der Waals surface area contributed by atoms with Gasteiger partial charge in [0.2, 0.25) is 5.78 Å². The maximum atomic E-state index is 13.2. The number of amides is 2. The normalized spacial score (nSPS) is 13.8. The number of benzene rings is 2. The quantitative estimate of drug-likeness (QED) is 0.515. The summed E-state index contributed by atoms with van der Waals surface area (Å²) in [6.45, 7) is 4.00. The van der Waals surface area contributed by atoms with E-state index in [4.69, 9.17) is 5.73 Å². The van der Waals surface area contributed by atoms with Crippen LogP contribution < -0.4 is 11.1 Å². The van der Waals surface area contributed by atoms with Crippen LogP contribution in [0.15, 0.2) is 66.9 Å². The lowest BCUT2D eigenvalue weighted by Gasteiger charge is -2.25. The molecule has 1 saturated carbocycles. The molecule has 172 valence electrons. The van der Waals surface area contributed by atoms with E-state index < -0.39 is 23.6 Å². The van der Waals surface area contributed by atoms with Crippen molar-refractivity contribution in [2.24, 2.45) is 5.73 Å². The molecule has 1 unspecified atom stereocenters. The average molecular weight is 447 g/mol. The standard InChI is InChI=1S/C24H24N4O3.C2H6/c25-23(30)22(29)20(14-16-8-3-1-4-9-16)26-24(31)19-15-28(18-12-7-13-18)27-21(19)17-10-5-2-6-11-17;1-2/h1-6,8-11,15,18,20H,7,12-14H2,(H2,25,30)(H,26,31);1-2H3. The molecule has 1 fully saturated rings. The van der Waals surface area contributed by atoms with Crippen molar-refractivity contribution in [1.29, 1.82) is 0 Å². The number of ketones is 1. The fraction of sp³-hybridized carbons (Fsp3) is 0.308. The summed E-state index contributed by atoms with van der Waals surface area (Å²) in [5.74, 6) is -2.36. The SMILES string of the molecule is CC.NC(=O)C(=O)C(Cc1ccccc1)NC(=O)c1cn(C2CCC2)nc1-c1ccccc1. The first kappa shape index (κ1) is 23.9. The second-order valence-electron chi connectivity index (χ2n) is 7.77. The molecular formula is C26H30N4O3. The summed E-state index contributed by atoms with van der Waals surface area (Å²) < 4.78 is 1.84. The Balaban J connectivity index is 0.00000149. The van der Waals surface area contributed by atoms with Crippen LogP contribution in [0.25, 0.3) is 11.3 Å². The fourth-order valence-electron chi connectivity index (χ4n) is 3.67. The van der Waals surface area contributed by atoms with Crippen LogP contribution >= 0.6 is 0 Å². The highest BCUT2D eigenvalue weighted by Crippen LogP contribution is 2.33. The number of hydrogen-bond acceptors (Lipinski definition) is 4. The van der Waals surface area contributed by atoms with Crippen LogP contribution in [-0.2, 0) is 16.0 Å². The number of carbonyl (C=O) groups is 3. The minimum absolute atomic E-state index is 0.172. The Bertz CT molecular complexity index is 1090. The molecule has 3 aromatic rings. The largest absolute Gasteiger partial charge is 0.363 e. The lowest BCUT2D eigenvalue weighted by molar-refractivity contribution is -0.137. The summed E-state index contributed by atoms with van der Waals surface area (Å²) in [4.78, 5) is 37.3. The van der Waals surface area contributed by atoms with E-state index in [0.717, 1.165) is 30.4 Å². The smallest absolute Gasteiger partial charge is 0.287 e. The van der Waals surface area contributed by atoms with Crippen molar-refractivity contribution >= 4 is 17.6 Å². The second-order valence-corrected chi connectivity index (χ2v) is 7.77. The van der Waals surface area contributed by atoms with Crippen LogP contribution in [-0.4, -0.2) is 33.4 Å². The third-order valence-corrected chi connectivity index (χ3v) is 5.62. The van der Waals surface area contributed by atoms with E-state index in [9.17, 15) is 14.4 Å². The molecule has 4 rings (SSSR count). The molecule has 2 amide bonds. The van der Waals surface area contributed by atoms with Gasteiger partial charge in [0.25, 0.3) is 11.8 Å². The Kier molecular flexibility index (Phi) is 8.13. The zero-order chi connectivity index (χ0) is 23.8. The average Bonchev–Trinajstić information content (AvgIpc) is 3.24. The second kappa shape index (κ2) is 11.2. The molecule has 0 bridgehead atoms. The van der Waals surface area contributed by atoms with Gasteiger partial charge < -0.3 is 11.1 Å². The van der Waals surface area contributed by atoms with E-state index in [1.165, 1.54) is 0 Å². The van der Waals surface area contributed by atoms with E-state index in [1.54, 1.807) is 6.20 Å². The molecule has 0 radical (unpaired) electrons. The molecule has 0 spiro atoms. The van der Waals surface area contributed by atoms with E-state index in [1.807, 2.05) is 79.2 Å². The molecule has 3 N–H and O–H groups in total. The summed E-state index contributed by atoms with van der Waals surface area (Å²) >= 11 is 0. The summed E-state index contributed by atoms with van der Waals surface area (Å²) in [5.41, 5.74) is 7.79. The van der Waals surface area contributed by atoms with Gasteiger partial charge in [0, 0.05) is 18.2 Å². The van der Waals surface area contributed by atoms with Gasteiger partial charge in [0.15, 0.2) is 0 Å². The summed E-state index contributed by atoms with van der Waals surface area (Å²) in [6.07, 6.45) is 5.09. The van der Waals surface area contributed by atoms with Gasteiger partial charge in [-0.15, -0.1) is 0 Å². The van der Waals surface area contributed by atoms with Crippen molar-refractivity contribution in [3.8, 4) is 11.3 Å². The van der Waals surface area contributed by atoms with Gasteiger partial charge in [-0.05, 0) is 24.8 Å². The maximum Gasteiger partial charge on any atom is 0.287 e. The first-order chi connectivity index (χ1) is 16.0. The Morgan fingerprint density at radius 2 is 1.64 bits per heavy atom. The van der Waals surface area contributed by atoms with Gasteiger partial charge in [-0.25, -0.2) is 0 Å². The monoisotopic (exact) mass is 446 g/mol. The van der Waals surface area contributed by atoms with Crippen molar-refractivity contribution in [2.45, 2.75) is 51.6 Å². The van der Waals surface area contributed by atoms with Gasteiger partial charge in [-0.2, -0.15) is 5.10 Å². The molecule has 0 aliphatic heterocycles. The third-order valence-electron chi connectivity index (χ3n) is 5.62. The van der Waals surface area contributed by atoms with Gasteiger partial charge in [0.1, 0.15) is 11.7 Å². The van der Waals surface area contributed by atoms with Gasteiger partial charge in [0.05, 0.1) is 11.6 Å². The Labute approximate surface area is 194 Å². The summed E-state index contributed by atoms with van der Waals surface area (Å²) in [7, 11) is 0. The van der Waals surface area contributed by atoms with Crippen molar-refractivity contribution in [2.75, 3.05) is 0 Å². The first-order valence-electron chi connectivity index (χ1n) is 11.4. The van der Waals surface area contributed by atoms with Gasteiger partial charge in [-0.1, -0.05) is 74.5 Å². The minimum atomic E-state index is -1.07. The van der Waals surface area contributed by atoms with Crippen LogP contribution in [0, 0.1) is 0 Å². The van der Waals surface area contributed by atoms with E-state index >= 15 is 0 Å². The zero-order valence-electron chi connectivity index (χ0n) is 19.0. The fourth-order valence-corrected chi connectivity index (χ4v) is 3.67. The Morgan fingerprint density at radius 3 is 2.18 bits per heavy atom. The highest BCUT2D eigenvalue weighted by atomic mass is 16.2. The molecule has 2 aromatic carbocycles. The highest BCUT2D eigenvalue weighted by molar-refractivity contribution is 6.38. The van der Waals surface area contributed by atoms with E-state index in [-0.39, 0.29) is 12.5 Å². The number of Topliss-reactive ketones (excluding diaryl/α,β-unsaturated/α-hetero) is 1. The molecule has 7 heteroatoms. The third kappa shape index (κ3) is 5.74. The summed E-state index contributed by atoms with van der Waals surface area (Å²) in [6, 6.07) is 17.8. The molecule has 0 saturated heterocycles. The number of rotatable bonds is 8. The molecular weight excluding hydrogens is 416 g/mol. The minimum Gasteiger partial charge on any atom is -0.363 e. The Hall–Kier alpha value is -3.74. The lowest BCUT2D eigenvalue weighted by atomic mass is 9.93. The maximum absolute atomic E-state index is 13.2. The highest BCUT2D eigenvalue weighted by Gasteiger charge is 2.29. The van der Waals surface area contributed by atoms with Gasteiger partial charge >= 0.3 is 0 Å². The summed E-state index contributed by atoms with van der Waals surface area (Å²) in [5, 5.41) is 7.39. The van der Waals surface area contributed by atoms with Crippen LogP contribution in [0.2, 0.25) is 0 Å². The molecule has 1 aromatic heterocycles. The van der Waals surface area contributed by atoms with Crippen LogP contribution in [0.4, 0.5) is 0 Å².